The topological polar surface area (TPSA) is 98.7 Å². The Morgan fingerprint density at radius 2 is 0.489 bits per heavy atom. The normalized spacial score (nSPS) is 11.6. The van der Waals surface area contributed by atoms with Gasteiger partial charge in [0.1, 0.15) is 13.2 Å². The smallest absolute Gasteiger partial charge is 0.566 e. The summed E-state index contributed by atoms with van der Waals surface area (Å²) in [6.07, 6.45) is 42.5. The van der Waals surface area contributed by atoms with Gasteiger partial charge in [0.2, 0.25) is 0 Å². The van der Waals surface area contributed by atoms with Crippen molar-refractivity contribution in [2.24, 2.45) is 0 Å². The minimum absolute atomic E-state index is 0. The summed E-state index contributed by atoms with van der Waals surface area (Å²) in [6, 6.07) is 0. The minimum Gasteiger partial charge on any atom is -0.566 e. The summed E-state index contributed by atoms with van der Waals surface area (Å²) in [6.45, 7) is 5.26. The molecule has 0 saturated carbocycles. The van der Waals surface area contributed by atoms with Gasteiger partial charge in [-0.3, -0.25) is 0 Å². The molecule has 0 spiro atoms. The van der Waals surface area contributed by atoms with Crippen LogP contribution in [0, 0.1) is 0 Å². The first-order valence-corrected chi connectivity index (χ1v) is 21.3. The van der Waals surface area contributed by atoms with Gasteiger partial charge in [0.05, 0.1) is 0 Å². The van der Waals surface area contributed by atoms with Crippen LogP contribution in [0.1, 0.15) is 219 Å². The van der Waals surface area contributed by atoms with Crippen LogP contribution in [0.4, 0.5) is 0 Å². The van der Waals surface area contributed by atoms with Gasteiger partial charge in [-0.15, -0.1) is 9.05 Å². The molecule has 0 amide bonds. The zero-order valence-electron chi connectivity index (χ0n) is 29.7. The molecule has 0 aliphatic carbocycles. The Labute approximate surface area is 292 Å². The van der Waals surface area contributed by atoms with Crippen LogP contribution in [0.2, 0.25) is 0 Å². The molecule has 0 heterocycles. The van der Waals surface area contributed by atoms with Crippen LogP contribution in [-0.2, 0) is 35.0 Å². The SMILES string of the molecule is CCCCCCCCCCCCCCCCCCO[P+](=O)[O-].CCCCCCCCCCCCCCCCCCO[P+](=O)[O-].[Co+2]. The van der Waals surface area contributed by atoms with Crippen molar-refractivity contribution in [2.75, 3.05) is 13.2 Å². The fourth-order valence-corrected chi connectivity index (χ4v) is 6.13. The first-order chi connectivity index (χ1) is 21.5. The quantitative estimate of drug-likeness (QED) is 0.0471. The third-order valence-corrected chi connectivity index (χ3v) is 9.18. The summed E-state index contributed by atoms with van der Waals surface area (Å²) >= 11 is 0. The molecule has 6 nitrogen and oxygen atoms in total. The molecule has 0 aromatic heterocycles. The molecular weight excluding hydrogens is 649 g/mol. The molecule has 0 aliphatic heterocycles. The van der Waals surface area contributed by atoms with Crippen molar-refractivity contribution in [3.63, 3.8) is 0 Å². The minimum atomic E-state index is -2.64. The van der Waals surface area contributed by atoms with Crippen molar-refractivity contribution in [3.05, 3.63) is 0 Å². The summed E-state index contributed by atoms with van der Waals surface area (Å²) in [4.78, 5) is 20.3. The maximum absolute atomic E-state index is 10.2. The predicted octanol–water partition coefficient (Wildman–Crippen LogP) is 12.6. The van der Waals surface area contributed by atoms with E-state index in [1.807, 2.05) is 0 Å². The van der Waals surface area contributed by atoms with E-state index in [-0.39, 0.29) is 16.8 Å². The molecule has 0 aromatic rings. The molecule has 2 atom stereocenters. The largest absolute Gasteiger partial charge is 2.00 e. The molecule has 0 bridgehead atoms. The van der Waals surface area contributed by atoms with E-state index in [0.717, 1.165) is 25.7 Å². The summed E-state index contributed by atoms with van der Waals surface area (Å²) in [5, 5.41) is 0. The van der Waals surface area contributed by atoms with Crippen molar-refractivity contribution in [1.29, 1.82) is 0 Å². The van der Waals surface area contributed by atoms with E-state index in [0.29, 0.717) is 13.2 Å². The first-order valence-electron chi connectivity index (χ1n) is 19.1. The van der Waals surface area contributed by atoms with Crippen LogP contribution >= 0.6 is 16.5 Å². The molecule has 2 unspecified atom stereocenters. The number of rotatable bonds is 36. The number of unbranched alkanes of at least 4 members (excludes halogenated alkanes) is 30. The van der Waals surface area contributed by atoms with Gasteiger partial charge in [-0.2, -0.15) is 0 Å². The number of hydrogen-bond acceptors (Lipinski definition) is 6. The predicted molar refractivity (Wildman–Crippen MR) is 186 cm³/mol. The molecule has 0 saturated heterocycles. The number of hydrogen-bond donors (Lipinski definition) is 0. The van der Waals surface area contributed by atoms with Gasteiger partial charge in [-0.1, -0.05) is 206 Å². The first kappa shape index (κ1) is 49.9. The molecule has 0 fully saturated rings. The van der Waals surface area contributed by atoms with E-state index in [9.17, 15) is 18.9 Å². The van der Waals surface area contributed by atoms with E-state index in [2.05, 4.69) is 22.9 Å². The average molecular weight is 724 g/mol. The van der Waals surface area contributed by atoms with Gasteiger partial charge in [-0.05, 0) is 22.0 Å². The molecule has 0 aromatic carbocycles. The third kappa shape index (κ3) is 54.3. The Morgan fingerprint density at radius 1 is 0.333 bits per heavy atom. The van der Waals surface area contributed by atoms with Gasteiger partial charge in [0, 0.05) is 0 Å². The Morgan fingerprint density at radius 3 is 0.644 bits per heavy atom. The van der Waals surface area contributed by atoms with Crippen LogP contribution in [0.25, 0.3) is 0 Å². The van der Waals surface area contributed by atoms with Crippen LogP contribution < -0.4 is 9.79 Å². The summed E-state index contributed by atoms with van der Waals surface area (Å²) in [7, 11) is -5.29. The van der Waals surface area contributed by atoms with Gasteiger partial charge in [-0.25, -0.2) is 0 Å². The average Bonchev–Trinajstić information content (AvgIpc) is 3.00. The summed E-state index contributed by atoms with van der Waals surface area (Å²) in [5.41, 5.74) is 0. The monoisotopic (exact) mass is 723 g/mol. The maximum atomic E-state index is 10.2. The Kier molecular flexibility index (Phi) is 51.8. The van der Waals surface area contributed by atoms with Crippen LogP contribution in [-0.4, -0.2) is 13.2 Å². The molecule has 1 radical (unpaired) electrons. The fraction of sp³-hybridized carbons (Fsp3) is 1.00. The van der Waals surface area contributed by atoms with Crippen molar-refractivity contribution in [1.82, 2.24) is 0 Å². The van der Waals surface area contributed by atoms with E-state index < -0.39 is 16.5 Å². The van der Waals surface area contributed by atoms with Crippen LogP contribution in [0.15, 0.2) is 0 Å². The second kappa shape index (κ2) is 46.7. The van der Waals surface area contributed by atoms with Gasteiger partial charge in [0.25, 0.3) is 0 Å². The third-order valence-electron chi connectivity index (χ3n) is 8.39. The van der Waals surface area contributed by atoms with Crippen molar-refractivity contribution in [2.45, 2.75) is 219 Å². The fourth-order valence-electron chi connectivity index (χ4n) is 5.58. The second-order valence-corrected chi connectivity index (χ2v) is 14.1. The zero-order chi connectivity index (χ0) is 32.6. The Bertz CT molecular complexity index is 524. The Hall–Kier alpha value is 0.546. The van der Waals surface area contributed by atoms with Crippen molar-refractivity contribution < 1.29 is 44.7 Å². The standard InChI is InChI=1S/2C18H37O3P.Co/c2*1-2-3-4-5-6-7-8-9-10-11-12-13-14-15-16-17-18-21-22(19)20;/h2*2-18H2,1H3;/q;;+2. The van der Waals surface area contributed by atoms with E-state index in [4.69, 9.17) is 0 Å². The van der Waals surface area contributed by atoms with Crippen molar-refractivity contribution in [3.8, 4) is 0 Å². The van der Waals surface area contributed by atoms with Crippen LogP contribution in [0.3, 0.4) is 0 Å². The maximum Gasteiger partial charge on any atom is 2.00 e. The molecule has 45 heavy (non-hydrogen) atoms. The molecular formula is C36H74CoO6P2+2. The second-order valence-electron chi connectivity index (χ2n) is 12.7. The van der Waals surface area contributed by atoms with Gasteiger partial charge in [0.15, 0.2) is 0 Å². The van der Waals surface area contributed by atoms with Gasteiger partial charge < -0.3 is 9.79 Å². The van der Waals surface area contributed by atoms with Gasteiger partial charge >= 0.3 is 33.3 Å². The molecule has 0 rings (SSSR count). The Balaban J connectivity index is -0.000000767. The summed E-state index contributed by atoms with van der Waals surface area (Å²) in [5.74, 6) is 0. The summed E-state index contributed by atoms with van der Waals surface area (Å²) < 4.78 is 29.4. The van der Waals surface area contributed by atoms with Crippen molar-refractivity contribution >= 4 is 16.5 Å². The van der Waals surface area contributed by atoms with E-state index in [1.54, 1.807) is 0 Å². The molecule has 271 valence electrons. The van der Waals surface area contributed by atoms with E-state index in [1.165, 1.54) is 180 Å². The molecule has 9 heteroatoms. The van der Waals surface area contributed by atoms with E-state index >= 15 is 0 Å². The molecule has 0 N–H and O–H groups in total. The molecule has 0 aliphatic rings. The van der Waals surface area contributed by atoms with Crippen LogP contribution in [0.5, 0.6) is 0 Å². The zero-order valence-corrected chi connectivity index (χ0v) is 32.5.